The Morgan fingerprint density at radius 2 is 2.26 bits per heavy atom. The van der Waals surface area contributed by atoms with Crippen molar-refractivity contribution < 1.29 is 9.32 Å². The average Bonchev–Trinajstić information content (AvgIpc) is 3.04. The largest absolute Gasteiger partial charge is 0.399 e. The number of nitrogens with one attached hydrogen (secondary N) is 1. The predicted octanol–water partition coefficient (Wildman–Crippen LogP) is 1.52. The van der Waals surface area contributed by atoms with E-state index in [1.807, 2.05) is 13.0 Å². The zero-order valence-electron chi connectivity index (χ0n) is 10.5. The summed E-state index contributed by atoms with van der Waals surface area (Å²) in [4.78, 5) is 15.9. The van der Waals surface area contributed by atoms with E-state index in [1.54, 1.807) is 12.1 Å². The van der Waals surface area contributed by atoms with Crippen LogP contribution in [0.2, 0.25) is 0 Å². The Labute approximate surface area is 110 Å². The van der Waals surface area contributed by atoms with Gasteiger partial charge >= 0.3 is 0 Å². The Hall–Kier alpha value is -2.37. The molecule has 0 unspecified atom stereocenters. The minimum absolute atomic E-state index is 0.0677. The Balaban J connectivity index is 1.85. The van der Waals surface area contributed by atoms with E-state index in [1.165, 1.54) is 0 Å². The molecule has 1 saturated carbocycles. The highest BCUT2D eigenvalue weighted by molar-refractivity contribution is 5.91. The number of nitrogens with zero attached hydrogens (tertiary/aromatic N) is 2. The van der Waals surface area contributed by atoms with Crippen molar-refractivity contribution in [1.82, 2.24) is 15.5 Å². The van der Waals surface area contributed by atoms with Gasteiger partial charge in [-0.1, -0.05) is 5.16 Å². The highest BCUT2D eigenvalue weighted by Crippen LogP contribution is 2.24. The zero-order valence-corrected chi connectivity index (χ0v) is 10.5. The number of anilines is 1. The van der Waals surface area contributed by atoms with Gasteiger partial charge in [0.15, 0.2) is 0 Å². The maximum absolute atomic E-state index is 11.8. The topological polar surface area (TPSA) is 94.0 Å². The molecule has 1 fully saturated rings. The van der Waals surface area contributed by atoms with Crippen molar-refractivity contribution in [2.24, 2.45) is 0 Å². The number of hydrogen-bond donors (Lipinski definition) is 2. The molecule has 1 heterocycles. The second-order valence-electron chi connectivity index (χ2n) is 4.75. The van der Waals surface area contributed by atoms with Crippen LogP contribution < -0.4 is 11.1 Å². The summed E-state index contributed by atoms with van der Waals surface area (Å²) >= 11 is 0. The average molecular weight is 258 g/mol. The predicted molar refractivity (Wildman–Crippen MR) is 69.4 cm³/mol. The normalized spacial score (nSPS) is 14.4. The van der Waals surface area contributed by atoms with Gasteiger partial charge in [-0.2, -0.15) is 4.98 Å². The molecule has 1 aromatic carbocycles. The standard InChI is InChI=1S/C13H14N4O2/c1-7-6-8(14)2-5-10(7)13-16-11(17-19-13)12(18)15-9-3-4-9/h2,5-6,9H,3-4,14H2,1H3,(H,15,18). The van der Waals surface area contributed by atoms with Crippen LogP contribution in [-0.4, -0.2) is 22.1 Å². The van der Waals surface area contributed by atoms with Gasteiger partial charge in [-0.05, 0) is 43.5 Å². The third-order valence-corrected chi connectivity index (χ3v) is 3.02. The molecule has 2 aromatic rings. The van der Waals surface area contributed by atoms with Crippen LogP contribution in [0.1, 0.15) is 29.0 Å². The second-order valence-corrected chi connectivity index (χ2v) is 4.75. The molecular formula is C13H14N4O2. The zero-order chi connectivity index (χ0) is 13.4. The molecule has 98 valence electrons. The smallest absolute Gasteiger partial charge is 0.292 e. The molecule has 19 heavy (non-hydrogen) atoms. The van der Waals surface area contributed by atoms with E-state index in [9.17, 15) is 4.79 Å². The molecule has 0 atom stereocenters. The fraction of sp³-hybridized carbons (Fsp3) is 0.308. The number of carbonyl (C=O) groups excluding carboxylic acids is 1. The summed E-state index contributed by atoms with van der Waals surface area (Å²) in [6.45, 7) is 1.90. The minimum Gasteiger partial charge on any atom is -0.399 e. The molecule has 6 nitrogen and oxygen atoms in total. The molecule has 0 aliphatic heterocycles. The monoisotopic (exact) mass is 258 g/mol. The number of aromatic nitrogens is 2. The van der Waals surface area contributed by atoms with Crippen LogP contribution >= 0.6 is 0 Å². The Bertz CT molecular complexity index is 631. The van der Waals surface area contributed by atoms with E-state index in [-0.39, 0.29) is 17.8 Å². The Morgan fingerprint density at radius 3 is 2.95 bits per heavy atom. The lowest BCUT2D eigenvalue weighted by atomic mass is 10.1. The van der Waals surface area contributed by atoms with Crippen LogP contribution in [-0.2, 0) is 0 Å². The van der Waals surface area contributed by atoms with E-state index < -0.39 is 0 Å². The quantitative estimate of drug-likeness (QED) is 0.814. The highest BCUT2D eigenvalue weighted by Gasteiger charge is 2.26. The first-order chi connectivity index (χ1) is 9.13. The first-order valence-corrected chi connectivity index (χ1v) is 6.14. The lowest BCUT2D eigenvalue weighted by Gasteiger charge is -2.01. The third kappa shape index (κ3) is 2.42. The summed E-state index contributed by atoms with van der Waals surface area (Å²) in [7, 11) is 0. The molecule has 0 spiro atoms. The van der Waals surface area contributed by atoms with Crippen LogP contribution in [0.25, 0.3) is 11.5 Å². The number of hydrogen-bond acceptors (Lipinski definition) is 5. The summed E-state index contributed by atoms with van der Waals surface area (Å²) in [6, 6.07) is 5.66. The van der Waals surface area contributed by atoms with E-state index in [2.05, 4.69) is 15.5 Å². The van der Waals surface area contributed by atoms with E-state index in [0.717, 1.165) is 24.0 Å². The first-order valence-electron chi connectivity index (χ1n) is 6.14. The number of nitrogen functional groups attached to an aromatic ring is 1. The highest BCUT2D eigenvalue weighted by atomic mass is 16.5. The summed E-state index contributed by atoms with van der Waals surface area (Å²) in [5, 5.41) is 6.52. The lowest BCUT2D eigenvalue weighted by Crippen LogP contribution is -2.26. The van der Waals surface area contributed by atoms with Gasteiger partial charge in [-0.3, -0.25) is 4.79 Å². The van der Waals surface area contributed by atoms with Crippen molar-refractivity contribution in [3.05, 3.63) is 29.6 Å². The van der Waals surface area contributed by atoms with Crippen molar-refractivity contribution in [3.8, 4) is 11.5 Å². The fourth-order valence-corrected chi connectivity index (χ4v) is 1.83. The number of nitrogens with two attached hydrogens (primary N) is 1. The minimum atomic E-state index is -0.286. The van der Waals surface area contributed by atoms with Gasteiger partial charge in [-0.25, -0.2) is 0 Å². The summed E-state index contributed by atoms with van der Waals surface area (Å²) in [5.74, 6) is 0.113. The van der Waals surface area contributed by atoms with Gasteiger partial charge < -0.3 is 15.6 Å². The number of aryl methyl sites for hydroxylation is 1. The van der Waals surface area contributed by atoms with E-state index in [4.69, 9.17) is 10.3 Å². The van der Waals surface area contributed by atoms with Crippen LogP contribution in [0.4, 0.5) is 5.69 Å². The molecule has 6 heteroatoms. The molecule has 3 N–H and O–H groups in total. The lowest BCUT2D eigenvalue weighted by molar-refractivity contribution is 0.0937. The molecular weight excluding hydrogens is 244 g/mol. The Morgan fingerprint density at radius 1 is 1.47 bits per heavy atom. The fourth-order valence-electron chi connectivity index (χ4n) is 1.83. The number of amides is 1. The van der Waals surface area contributed by atoms with Crippen molar-refractivity contribution in [3.63, 3.8) is 0 Å². The van der Waals surface area contributed by atoms with E-state index >= 15 is 0 Å². The summed E-state index contributed by atoms with van der Waals surface area (Å²) in [5.41, 5.74) is 8.08. The van der Waals surface area contributed by atoms with Crippen molar-refractivity contribution in [1.29, 1.82) is 0 Å². The van der Waals surface area contributed by atoms with Gasteiger partial charge in [0.2, 0.25) is 0 Å². The van der Waals surface area contributed by atoms with Crippen molar-refractivity contribution in [2.75, 3.05) is 5.73 Å². The number of benzene rings is 1. The van der Waals surface area contributed by atoms with Crippen LogP contribution in [0.15, 0.2) is 22.7 Å². The third-order valence-electron chi connectivity index (χ3n) is 3.02. The Kier molecular flexibility index (Phi) is 2.70. The van der Waals surface area contributed by atoms with Crippen molar-refractivity contribution >= 4 is 11.6 Å². The van der Waals surface area contributed by atoms with Gasteiger partial charge in [0.25, 0.3) is 17.6 Å². The van der Waals surface area contributed by atoms with E-state index in [0.29, 0.717) is 11.6 Å². The second kappa shape index (κ2) is 4.38. The summed E-state index contributed by atoms with van der Waals surface area (Å²) < 4.78 is 5.13. The first kappa shape index (κ1) is 11.7. The van der Waals surface area contributed by atoms with Crippen LogP contribution in [0.3, 0.4) is 0 Å². The number of carbonyl (C=O) groups is 1. The van der Waals surface area contributed by atoms with Crippen LogP contribution in [0.5, 0.6) is 0 Å². The molecule has 0 saturated heterocycles. The molecule has 1 amide bonds. The maximum atomic E-state index is 11.8. The van der Waals surface area contributed by atoms with Gasteiger partial charge in [0.05, 0.1) is 0 Å². The molecule has 1 aliphatic rings. The molecule has 1 aliphatic carbocycles. The molecule has 1 aromatic heterocycles. The number of rotatable bonds is 3. The van der Waals surface area contributed by atoms with Gasteiger partial charge in [0.1, 0.15) is 0 Å². The summed E-state index contributed by atoms with van der Waals surface area (Å²) in [6.07, 6.45) is 2.04. The van der Waals surface area contributed by atoms with Crippen molar-refractivity contribution in [2.45, 2.75) is 25.8 Å². The SMILES string of the molecule is Cc1cc(N)ccc1-c1nc(C(=O)NC2CC2)no1. The maximum Gasteiger partial charge on any atom is 0.292 e. The molecule has 0 radical (unpaired) electrons. The van der Waals surface area contributed by atoms with Crippen LogP contribution in [0, 0.1) is 6.92 Å². The molecule has 0 bridgehead atoms. The molecule has 3 rings (SSSR count). The van der Waals surface area contributed by atoms with Gasteiger partial charge in [-0.15, -0.1) is 0 Å². The van der Waals surface area contributed by atoms with Gasteiger partial charge in [0, 0.05) is 17.3 Å².